The van der Waals surface area contributed by atoms with Crippen LogP contribution in [-0.2, 0) is 19.0 Å². The summed E-state index contributed by atoms with van der Waals surface area (Å²) >= 11 is 0. The maximum atomic E-state index is 12.8. The maximum absolute atomic E-state index is 12.8. The highest BCUT2D eigenvalue weighted by Gasteiger charge is 2.38. The summed E-state index contributed by atoms with van der Waals surface area (Å²) in [6.07, 6.45) is 0.285. The van der Waals surface area contributed by atoms with Crippen molar-refractivity contribution in [3.05, 3.63) is 46.0 Å². The Hall–Kier alpha value is -2.72. The van der Waals surface area contributed by atoms with Crippen LogP contribution < -0.4 is 4.90 Å². The van der Waals surface area contributed by atoms with Crippen LogP contribution in [0.5, 0.6) is 0 Å². The van der Waals surface area contributed by atoms with Crippen molar-refractivity contribution in [3.63, 3.8) is 0 Å². The first-order valence-electron chi connectivity index (χ1n) is 8.92. The van der Waals surface area contributed by atoms with Gasteiger partial charge in [0.05, 0.1) is 28.9 Å². The number of benzene rings is 2. The average molecular weight is 422 g/mol. The summed E-state index contributed by atoms with van der Waals surface area (Å²) in [5.74, 6) is -0.488. The highest BCUT2D eigenvalue weighted by Crippen LogP contribution is 2.45. The summed E-state index contributed by atoms with van der Waals surface area (Å²) in [5, 5.41) is 12.6. The van der Waals surface area contributed by atoms with Crippen LogP contribution in [0, 0.1) is 10.1 Å². The fourth-order valence-electron chi connectivity index (χ4n) is 3.41. The van der Waals surface area contributed by atoms with E-state index in [-0.39, 0.29) is 18.8 Å². The third-order valence-electron chi connectivity index (χ3n) is 4.44. The molecule has 0 saturated carbocycles. The Morgan fingerprint density at radius 3 is 2.45 bits per heavy atom. The van der Waals surface area contributed by atoms with E-state index in [0.717, 1.165) is 6.26 Å². The number of nitrogens with zero attached hydrogens (tertiary/aromatic N) is 2. The molecule has 0 fully saturated rings. The molecule has 1 atom stereocenters. The van der Waals surface area contributed by atoms with Gasteiger partial charge in [0.1, 0.15) is 5.60 Å². The number of anilines is 1. The molecule has 0 aliphatic carbocycles. The van der Waals surface area contributed by atoms with Crippen LogP contribution in [0.4, 0.5) is 16.2 Å². The predicted octanol–water partition coefficient (Wildman–Crippen LogP) is 3.56. The number of carbonyl (C=O) groups excluding carboxylic acids is 1. The van der Waals surface area contributed by atoms with E-state index in [1.54, 1.807) is 45.0 Å². The number of non-ortho nitro benzene ring substituents is 1. The summed E-state index contributed by atoms with van der Waals surface area (Å²) < 4.78 is 33.4. The number of hydrogen-bond donors (Lipinski definition) is 0. The molecule has 2 aromatic carbocycles. The molecule has 29 heavy (non-hydrogen) atoms. The molecule has 1 aliphatic rings. The molecule has 0 spiro atoms. The Morgan fingerprint density at radius 1 is 1.28 bits per heavy atom. The van der Waals surface area contributed by atoms with Crippen molar-refractivity contribution in [2.24, 2.45) is 0 Å². The molecule has 0 saturated heterocycles. The lowest BCUT2D eigenvalue weighted by Gasteiger charge is -2.25. The molecule has 1 aliphatic heterocycles. The van der Waals surface area contributed by atoms with Crippen molar-refractivity contribution in [1.82, 2.24) is 0 Å². The number of nitro groups is 1. The Bertz CT molecular complexity index is 1090. The third-order valence-corrected chi connectivity index (χ3v) is 5.00. The molecule has 1 heterocycles. The van der Waals surface area contributed by atoms with Crippen molar-refractivity contribution in [3.8, 4) is 0 Å². The Morgan fingerprint density at radius 2 is 1.90 bits per heavy atom. The van der Waals surface area contributed by atoms with Gasteiger partial charge in [-0.1, -0.05) is 18.2 Å². The second-order valence-electron chi connectivity index (χ2n) is 7.91. The highest BCUT2D eigenvalue weighted by atomic mass is 32.2. The zero-order valence-corrected chi connectivity index (χ0v) is 17.4. The van der Waals surface area contributed by atoms with Crippen LogP contribution >= 0.6 is 0 Å². The molecule has 10 heteroatoms. The van der Waals surface area contributed by atoms with Gasteiger partial charge in [-0.25, -0.2) is 4.79 Å². The molecule has 2 aromatic rings. The number of ether oxygens (including phenoxy) is 1. The van der Waals surface area contributed by atoms with Gasteiger partial charge >= 0.3 is 6.09 Å². The Balaban J connectivity index is 2.17. The van der Waals surface area contributed by atoms with E-state index in [0.29, 0.717) is 22.0 Å². The first-order valence-corrected chi connectivity index (χ1v) is 10.7. The number of fused-ring (bicyclic) bond motifs is 3. The molecule has 156 valence electrons. The molecule has 1 unspecified atom stereocenters. The SMILES string of the molecule is CC(C)(C)OC(=O)N1CC(COS(C)(=O)=O)c2c1cc([N+](=O)[O-])c1ccccc21. The first kappa shape index (κ1) is 21.0. The fraction of sp³-hybridized carbons (Fsp3) is 0.421. The summed E-state index contributed by atoms with van der Waals surface area (Å²) in [6, 6.07) is 8.09. The minimum absolute atomic E-state index is 0.0882. The van der Waals surface area contributed by atoms with Crippen molar-refractivity contribution in [2.75, 3.05) is 24.3 Å². The maximum Gasteiger partial charge on any atom is 0.414 e. The van der Waals surface area contributed by atoms with Crippen LogP contribution in [0.3, 0.4) is 0 Å². The topological polar surface area (TPSA) is 116 Å². The highest BCUT2D eigenvalue weighted by molar-refractivity contribution is 7.85. The summed E-state index contributed by atoms with van der Waals surface area (Å²) in [4.78, 5) is 25.2. The minimum atomic E-state index is -3.70. The molecule has 1 amide bonds. The van der Waals surface area contributed by atoms with Crippen molar-refractivity contribution in [2.45, 2.75) is 32.3 Å². The van der Waals surface area contributed by atoms with Crippen molar-refractivity contribution in [1.29, 1.82) is 0 Å². The van der Waals surface area contributed by atoms with Gasteiger partial charge in [-0.15, -0.1) is 0 Å². The van der Waals surface area contributed by atoms with Crippen LogP contribution in [0.1, 0.15) is 32.3 Å². The second kappa shape index (κ2) is 7.27. The van der Waals surface area contributed by atoms with Crippen LogP contribution in [-0.4, -0.2) is 44.4 Å². The Kier molecular flexibility index (Phi) is 5.26. The van der Waals surface area contributed by atoms with Crippen LogP contribution in [0.15, 0.2) is 30.3 Å². The zero-order chi connectivity index (χ0) is 21.6. The minimum Gasteiger partial charge on any atom is -0.443 e. The summed E-state index contributed by atoms with van der Waals surface area (Å²) in [7, 11) is -3.70. The normalized spacial score (nSPS) is 16.7. The standard InChI is InChI=1S/C19H22N2O7S/c1-19(2,3)28-18(22)20-10-12(11-27-29(4,25)26)17-14-8-6-5-7-13(14)15(21(23)24)9-16(17)20/h5-9,12H,10-11H2,1-4H3. The molecule has 0 N–H and O–H groups in total. The Labute approximate surface area is 168 Å². The monoisotopic (exact) mass is 422 g/mol. The predicted molar refractivity (Wildman–Crippen MR) is 108 cm³/mol. The van der Waals surface area contributed by atoms with Crippen LogP contribution in [0.2, 0.25) is 0 Å². The zero-order valence-electron chi connectivity index (χ0n) is 16.5. The van der Waals surface area contributed by atoms with E-state index in [2.05, 4.69) is 0 Å². The molecule has 0 radical (unpaired) electrons. The molecule has 9 nitrogen and oxygen atoms in total. The van der Waals surface area contributed by atoms with Crippen LogP contribution in [0.25, 0.3) is 10.8 Å². The molecule has 0 bridgehead atoms. The van der Waals surface area contributed by atoms with E-state index in [1.165, 1.54) is 11.0 Å². The van der Waals surface area contributed by atoms with Gasteiger partial charge < -0.3 is 4.74 Å². The van der Waals surface area contributed by atoms with E-state index in [4.69, 9.17) is 8.92 Å². The molecule has 3 rings (SSSR count). The van der Waals surface area contributed by atoms with Crippen molar-refractivity contribution >= 4 is 38.4 Å². The van der Waals surface area contributed by atoms with Gasteiger partial charge in [0.25, 0.3) is 15.8 Å². The van der Waals surface area contributed by atoms with Gasteiger partial charge in [-0.05, 0) is 37.8 Å². The number of amides is 1. The number of carbonyl (C=O) groups is 1. The largest absolute Gasteiger partial charge is 0.443 e. The third kappa shape index (κ3) is 4.48. The van der Waals surface area contributed by atoms with Gasteiger partial charge in [-0.3, -0.25) is 19.2 Å². The van der Waals surface area contributed by atoms with Gasteiger partial charge in [0.2, 0.25) is 0 Å². The lowest BCUT2D eigenvalue weighted by molar-refractivity contribution is -0.383. The summed E-state index contributed by atoms with van der Waals surface area (Å²) in [5.41, 5.74) is 0.0477. The smallest absolute Gasteiger partial charge is 0.414 e. The molecular formula is C19H22N2O7S. The fourth-order valence-corrected chi connectivity index (χ4v) is 3.82. The number of hydrogen-bond acceptors (Lipinski definition) is 7. The van der Waals surface area contributed by atoms with Gasteiger partial charge in [-0.2, -0.15) is 8.42 Å². The molecular weight excluding hydrogens is 400 g/mol. The summed E-state index contributed by atoms with van der Waals surface area (Å²) in [6.45, 7) is 5.05. The average Bonchev–Trinajstić information content (AvgIpc) is 2.96. The van der Waals surface area contributed by atoms with E-state index in [9.17, 15) is 23.3 Å². The lowest BCUT2D eigenvalue weighted by Crippen LogP contribution is -2.36. The van der Waals surface area contributed by atoms with E-state index in [1.807, 2.05) is 0 Å². The quantitative estimate of drug-likeness (QED) is 0.420. The lowest BCUT2D eigenvalue weighted by atomic mass is 9.94. The van der Waals surface area contributed by atoms with Gasteiger partial charge in [0, 0.05) is 18.5 Å². The van der Waals surface area contributed by atoms with E-state index < -0.39 is 32.7 Å². The number of rotatable bonds is 4. The second-order valence-corrected chi connectivity index (χ2v) is 9.55. The number of nitro benzene ring substituents is 1. The van der Waals surface area contributed by atoms with Gasteiger partial charge in [0.15, 0.2) is 0 Å². The van der Waals surface area contributed by atoms with Crippen molar-refractivity contribution < 1.29 is 27.1 Å². The first-order chi connectivity index (χ1) is 13.4. The van der Waals surface area contributed by atoms with E-state index >= 15 is 0 Å². The molecule has 0 aromatic heterocycles.